The molecule has 3 rings (SSSR count). The van der Waals surface area contributed by atoms with E-state index in [1.54, 1.807) is 0 Å². The maximum atomic E-state index is 5.65. The molecule has 2 saturated heterocycles. The summed E-state index contributed by atoms with van der Waals surface area (Å²) in [5.74, 6) is 2.65. The van der Waals surface area contributed by atoms with E-state index in [-0.39, 0.29) is 0 Å². The second-order valence-corrected chi connectivity index (χ2v) is 6.03. The topological polar surface area (TPSA) is 25.1 Å². The Morgan fingerprint density at radius 1 is 1.25 bits per heavy atom. The molecular weight excluding hydrogens is 200 g/mol. The Labute approximate surface area is 98.7 Å². The number of fused-ring (bicyclic) bond motifs is 1. The van der Waals surface area contributed by atoms with Crippen LogP contribution in [0.4, 0.5) is 0 Å². The van der Waals surface area contributed by atoms with Gasteiger partial charge in [0.1, 0.15) is 0 Å². The van der Waals surface area contributed by atoms with Gasteiger partial charge in [0.25, 0.3) is 0 Å². The summed E-state index contributed by atoms with van der Waals surface area (Å²) in [6, 6.07) is 0. The van der Waals surface area contributed by atoms with E-state index >= 15 is 0 Å². The second kappa shape index (κ2) is 4.30. The van der Waals surface area contributed by atoms with Gasteiger partial charge in [0.05, 0.1) is 24.9 Å². The van der Waals surface area contributed by atoms with Crippen molar-refractivity contribution in [3.05, 3.63) is 0 Å². The quantitative estimate of drug-likeness (QED) is 0.671. The largest absolute Gasteiger partial charge is 0.373 e. The Balaban J connectivity index is 1.55. The first-order valence-electron chi connectivity index (χ1n) is 7.05. The highest BCUT2D eigenvalue weighted by molar-refractivity contribution is 4.94. The molecule has 1 aliphatic carbocycles. The number of hydrogen-bond acceptors (Lipinski definition) is 2. The molecule has 2 nitrogen and oxygen atoms in total. The van der Waals surface area contributed by atoms with E-state index in [9.17, 15) is 0 Å². The fourth-order valence-corrected chi connectivity index (χ4v) is 3.82. The molecule has 2 aliphatic heterocycles. The Hall–Kier alpha value is -0.0800. The summed E-state index contributed by atoms with van der Waals surface area (Å²) in [6.07, 6.45) is 8.54. The summed E-state index contributed by atoms with van der Waals surface area (Å²) in [5, 5.41) is 0. The minimum atomic E-state index is 0.595. The zero-order valence-electron chi connectivity index (χ0n) is 10.5. The lowest BCUT2D eigenvalue weighted by Gasteiger charge is -2.32. The Kier molecular flexibility index (Phi) is 2.97. The number of ether oxygens (including phenoxy) is 2. The average molecular weight is 224 g/mol. The molecule has 1 saturated carbocycles. The van der Waals surface area contributed by atoms with Crippen LogP contribution in [0.25, 0.3) is 0 Å². The maximum Gasteiger partial charge on any atom is 0.0844 e. The van der Waals surface area contributed by atoms with Crippen LogP contribution >= 0.6 is 0 Å². The van der Waals surface area contributed by atoms with Crippen molar-refractivity contribution < 1.29 is 9.47 Å². The lowest BCUT2D eigenvalue weighted by molar-refractivity contribution is 0.174. The molecule has 2 heterocycles. The predicted octanol–water partition coefficient (Wildman–Crippen LogP) is 3.01. The molecule has 0 aromatic heterocycles. The zero-order chi connectivity index (χ0) is 11.1. The molecule has 0 N–H and O–H groups in total. The van der Waals surface area contributed by atoms with Crippen molar-refractivity contribution in [3.8, 4) is 0 Å². The van der Waals surface area contributed by atoms with Gasteiger partial charge >= 0.3 is 0 Å². The van der Waals surface area contributed by atoms with Gasteiger partial charge in [-0.3, -0.25) is 0 Å². The van der Waals surface area contributed by atoms with Crippen molar-refractivity contribution >= 4 is 0 Å². The van der Waals surface area contributed by atoms with Crippen molar-refractivity contribution in [1.29, 1.82) is 0 Å². The molecule has 2 heteroatoms. The fourth-order valence-electron chi connectivity index (χ4n) is 3.82. The average Bonchev–Trinajstić information content (AvgIpc) is 3.11. The first-order chi connectivity index (χ1) is 7.78. The van der Waals surface area contributed by atoms with Gasteiger partial charge in [-0.2, -0.15) is 0 Å². The molecule has 6 unspecified atom stereocenters. The third-order valence-corrected chi connectivity index (χ3v) is 4.89. The van der Waals surface area contributed by atoms with E-state index in [1.165, 1.54) is 32.1 Å². The molecule has 0 amide bonds. The van der Waals surface area contributed by atoms with Gasteiger partial charge in [-0.1, -0.05) is 20.3 Å². The van der Waals surface area contributed by atoms with Crippen molar-refractivity contribution in [2.45, 2.75) is 64.3 Å². The molecule has 6 atom stereocenters. The monoisotopic (exact) mass is 224 g/mol. The Morgan fingerprint density at radius 2 is 2.06 bits per heavy atom. The summed E-state index contributed by atoms with van der Waals surface area (Å²) >= 11 is 0. The fraction of sp³-hybridized carbons (Fsp3) is 1.00. The van der Waals surface area contributed by atoms with Gasteiger partial charge in [0.2, 0.25) is 0 Å². The van der Waals surface area contributed by atoms with Gasteiger partial charge in [0, 0.05) is 0 Å². The first-order valence-corrected chi connectivity index (χ1v) is 7.05. The highest BCUT2D eigenvalue weighted by Gasteiger charge is 2.46. The Bertz CT molecular complexity index is 249. The molecule has 0 radical (unpaired) electrons. The summed E-state index contributed by atoms with van der Waals surface area (Å²) in [5.41, 5.74) is 0. The van der Waals surface area contributed by atoms with E-state index in [4.69, 9.17) is 9.47 Å². The van der Waals surface area contributed by atoms with Crippen LogP contribution in [0.2, 0.25) is 0 Å². The summed E-state index contributed by atoms with van der Waals surface area (Å²) < 4.78 is 11.0. The van der Waals surface area contributed by atoms with Crippen LogP contribution < -0.4 is 0 Å². The van der Waals surface area contributed by atoms with Crippen LogP contribution in [0, 0.1) is 17.8 Å². The standard InChI is InChI=1S/C14H24O2/c1-3-12(9(2)6-11-8-15-11)10-4-5-13-14(7-10)16-13/h9-14H,3-8H2,1-2H3. The molecular formula is C14H24O2. The highest BCUT2D eigenvalue weighted by atomic mass is 16.6. The summed E-state index contributed by atoms with van der Waals surface area (Å²) in [4.78, 5) is 0. The number of epoxide rings is 2. The van der Waals surface area contributed by atoms with Gasteiger partial charge in [-0.25, -0.2) is 0 Å². The summed E-state index contributed by atoms with van der Waals surface area (Å²) in [6.45, 7) is 5.80. The SMILES string of the molecule is CCC(C(C)CC1CO1)C1CCC2OC2C1. The van der Waals surface area contributed by atoms with E-state index in [2.05, 4.69) is 13.8 Å². The van der Waals surface area contributed by atoms with E-state index in [1.807, 2.05) is 0 Å². The van der Waals surface area contributed by atoms with Crippen LogP contribution in [-0.2, 0) is 9.47 Å². The highest BCUT2D eigenvalue weighted by Crippen LogP contribution is 2.45. The van der Waals surface area contributed by atoms with E-state index in [0.29, 0.717) is 18.3 Å². The van der Waals surface area contributed by atoms with E-state index in [0.717, 1.165) is 24.4 Å². The Morgan fingerprint density at radius 3 is 2.69 bits per heavy atom. The van der Waals surface area contributed by atoms with Crippen LogP contribution in [-0.4, -0.2) is 24.9 Å². The molecule has 3 aliphatic rings. The molecule has 0 spiro atoms. The molecule has 16 heavy (non-hydrogen) atoms. The van der Waals surface area contributed by atoms with E-state index < -0.39 is 0 Å². The van der Waals surface area contributed by atoms with Crippen LogP contribution in [0.5, 0.6) is 0 Å². The lowest BCUT2D eigenvalue weighted by atomic mass is 9.72. The first kappa shape index (κ1) is 11.0. The van der Waals surface area contributed by atoms with Crippen LogP contribution in [0.1, 0.15) is 46.0 Å². The van der Waals surface area contributed by atoms with Crippen LogP contribution in [0.15, 0.2) is 0 Å². The predicted molar refractivity (Wildman–Crippen MR) is 63.3 cm³/mol. The lowest BCUT2D eigenvalue weighted by Crippen LogP contribution is -2.27. The third kappa shape index (κ3) is 2.28. The third-order valence-electron chi connectivity index (χ3n) is 4.89. The van der Waals surface area contributed by atoms with Crippen molar-refractivity contribution in [1.82, 2.24) is 0 Å². The zero-order valence-corrected chi connectivity index (χ0v) is 10.5. The number of hydrogen-bond donors (Lipinski definition) is 0. The minimum Gasteiger partial charge on any atom is -0.373 e. The minimum absolute atomic E-state index is 0.595. The molecule has 0 aromatic carbocycles. The molecule has 0 bridgehead atoms. The second-order valence-electron chi connectivity index (χ2n) is 6.03. The van der Waals surface area contributed by atoms with Crippen molar-refractivity contribution in [2.75, 3.05) is 6.61 Å². The molecule has 0 aromatic rings. The number of rotatable bonds is 5. The van der Waals surface area contributed by atoms with Gasteiger partial charge in [-0.05, 0) is 43.4 Å². The van der Waals surface area contributed by atoms with Crippen molar-refractivity contribution in [2.24, 2.45) is 17.8 Å². The maximum absolute atomic E-state index is 5.65. The molecule has 92 valence electrons. The summed E-state index contributed by atoms with van der Waals surface area (Å²) in [7, 11) is 0. The van der Waals surface area contributed by atoms with Gasteiger partial charge in [-0.15, -0.1) is 0 Å². The van der Waals surface area contributed by atoms with Crippen molar-refractivity contribution in [3.63, 3.8) is 0 Å². The normalized spacial score (nSPS) is 44.6. The van der Waals surface area contributed by atoms with Gasteiger partial charge < -0.3 is 9.47 Å². The van der Waals surface area contributed by atoms with Gasteiger partial charge in [0.15, 0.2) is 0 Å². The smallest absolute Gasteiger partial charge is 0.0844 e. The molecule has 3 fully saturated rings. The van der Waals surface area contributed by atoms with Crippen LogP contribution in [0.3, 0.4) is 0 Å².